The lowest BCUT2D eigenvalue weighted by Crippen LogP contribution is -2.36. The number of rotatable bonds is 3. The number of pyridine rings is 1. The maximum absolute atomic E-state index is 12.3. The van der Waals surface area contributed by atoms with Gasteiger partial charge in [0.2, 0.25) is 15.5 Å². The van der Waals surface area contributed by atoms with Crippen molar-refractivity contribution >= 4 is 10.0 Å². The first-order valence-corrected chi connectivity index (χ1v) is 7.20. The standard InChI is InChI=1S/C11H17N3O3S/c1-13(2)9-4-6-14(8-9)18(16,17)11-7-12-5-3-10(11)15/h3,5,7,9H,4,6,8H2,1-2H3,(H,12,15). The number of hydrogen-bond acceptors (Lipinski definition) is 4. The molecule has 6 nitrogen and oxygen atoms in total. The maximum Gasteiger partial charge on any atom is 0.248 e. The number of nitrogens with zero attached hydrogens (tertiary/aromatic N) is 2. The molecule has 0 aromatic carbocycles. The summed E-state index contributed by atoms with van der Waals surface area (Å²) in [6.45, 7) is 0.892. The Morgan fingerprint density at radius 3 is 2.72 bits per heavy atom. The molecule has 0 saturated carbocycles. The summed E-state index contributed by atoms with van der Waals surface area (Å²) in [6.07, 6.45) is 3.46. The summed E-state index contributed by atoms with van der Waals surface area (Å²) in [5.74, 6) is 0. The Balaban J connectivity index is 2.29. The third-order valence-electron chi connectivity index (χ3n) is 3.26. The summed E-state index contributed by atoms with van der Waals surface area (Å²) < 4.78 is 26.0. The lowest BCUT2D eigenvalue weighted by atomic mass is 10.2. The van der Waals surface area contributed by atoms with E-state index in [1.165, 1.54) is 22.8 Å². The van der Waals surface area contributed by atoms with Gasteiger partial charge in [0.15, 0.2) is 0 Å². The predicted octanol–water partition coefficient (Wildman–Crippen LogP) is -0.300. The van der Waals surface area contributed by atoms with Gasteiger partial charge in [0.25, 0.3) is 0 Å². The van der Waals surface area contributed by atoms with E-state index in [2.05, 4.69) is 4.98 Å². The highest BCUT2D eigenvalue weighted by Gasteiger charge is 2.34. The molecule has 1 aromatic heterocycles. The van der Waals surface area contributed by atoms with Gasteiger partial charge in [-0.1, -0.05) is 0 Å². The van der Waals surface area contributed by atoms with Crippen LogP contribution in [-0.4, -0.2) is 55.8 Å². The summed E-state index contributed by atoms with van der Waals surface area (Å²) >= 11 is 0. The van der Waals surface area contributed by atoms with Crippen LogP contribution in [0.25, 0.3) is 0 Å². The summed E-state index contributed by atoms with van der Waals surface area (Å²) in [7, 11) is 0.180. The highest BCUT2D eigenvalue weighted by atomic mass is 32.2. The van der Waals surface area contributed by atoms with Gasteiger partial charge in [-0.05, 0) is 20.5 Å². The smallest absolute Gasteiger partial charge is 0.248 e. The van der Waals surface area contributed by atoms with E-state index in [4.69, 9.17) is 0 Å². The van der Waals surface area contributed by atoms with Gasteiger partial charge < -0.3 is 9.88 Å². The van der Waals surface area contributed by atoms with Crippen LogP contribution in [0.4, 0.5) is 0 Å². The van der Waals surface area contributed by atoms with Crippen LogP contribution in [0.3, 0.4) is 0 Å². The molecule has 18 heavy (non-hydrogen) atoms. The molecule has 2 heterocycles. The number of likely N-dealkylation sites (N-methyl/N-ethyl adjacent to an activating group) is 1. The van der Waals surface area contributed by atoms with E-state index in [0.29, 0.717) is 13.1 Å². The number of H-pyrrole nitrogens is 1. The van der Waals surface area contributed by atoms with Crippen LogP contribution in [0, 0.1) is 0 Å². The number of aromatic amines is 1. The summed E-state index contributed by atoms with van der Waals surface area (Å²) in [4.78, 5) is 16.1. The predicted molar refractivity (Wildman–Crippen MR) is 67.9 cm³/mol. The van der Waals surface area contributed by atoms with Gasteiger partial charge in [-0.3, -0.25) is 4.79 Å². The highest BCUT2D eigenvalue weighted by molar-refractivity contribution is 7.89. The third kappa shape index (κ3) is 2.33. The fraction of sp³-hybridized carbons (Fsp3) is 0.545. The first kappa shape index (κ1) is 13.3. The van der Waals surface area contributed by atoms with Crippen molar-refractivity contribution in [1.29, 1.82) is 0 Å². The van der Waals surface area contributed by atoms with Crippen LogP contribution in [0.5, 0.6) is 0 Å². The van der Waals surface area contributed by atoms with Gasteiger partial charge in [0.1, 0.15) is 4.90 Å². The van der Waals surface area contributed by atoms with Gasteiger partial charge >= 0.3 is 0 Å². The Bertz CT molecular complexity index is 579. The molecule has 1 fully saturated rings. The molecule has 0 radical (unpaired) electrons. The molecule has 1 aromatic rings. The molecule has 2 rings (SSSR count). The van der Waals surface area contributed by atoms with Crippen molar-refractivity contribution in [2.24, 2.45) is 0 Å². The zero-order valence-electron chi connectivity index (χ0n) is 10.5. The second kappa shape index (κ2) is 4.83. The molecule has 0 amide bonds. The van der Waals surface area contributed by atoms with Gasteiger partial charge in [-0.15, -0.1) is 0 Å². The van der Waals surface area contributed by atoms with Crippen molar-refractivity contribution in [3.8, 4) is 0 Å². The van der Waals surface area contributed by atoms with Gasteiger partial charge in [0.05, 0.1) is 0 Å². The van der Waals surface area contributed by atoms with E-state index < -0.39 is 15.5 Å². The molecule has 100 valence electrons. The van der Waals surface area contributed by atoms with Gasteiger partial charge in [-0.2, -0.15) is 4.31 Å². The van der Waals surface area contributed by atoms with Gasteiger partial charge in [-0.25, -0.2) is 8.42 Å². The van der Waals surface area contributed by atoms with Crippen LogP contribution in [0.2, 0.25) is 0 Å². The molecule has 1 aliphatic heterocycles. The Kier molecular flexibility index (Phi) is 3.56. The molecule has 1 atom stereocenters. The molecular weight excluding hydrogens is 254 g/mol. The van der Waals surface area contributed by atoms with Crippen molar-refractivity contribution in [3.05, 3.63) is 28.7 Å². The number of hydrogen-bond donors (Lipinski definition) is 1. The highest BCUT2D eigenvalue weighted by Crippen LogP contribution is 2.20. The molecule has 1 aliphatic rings. The van der Waals surface area contributed by atoms with Crippen LogP contribution in [-0.2, 0) is 10.0 Å². The minimum absolute atomic E-state index is 0.176. The molecule has 0 bridgehead atoms. The fourth-order valence-electron chi connectivity index (χ4n) is 2.09. The fourth-order valence-corrected chi connectivity index (χ4v) is 3.62. The molecule has 1 N–H and O–H groups in total. The van der Waals surface area contributed by atoms with Crippen LogP contribution >= 0.6 is 0 Å². The minimum atomic E-state index is -3.67. The monoisotopic (exact) mass is 271 g/mol. The largest absolute Gasteiger partial charge is 0.366 e. The topological polar surface area (TPSA) is 73.5 Å². The molecule has 1 unspecified atom stereocenters. The summed E-state index contributed by atoms with van der Waals surface area (Å²) in [5, 5.41) is 0. The first-order chi connectivity index (χ1) is 8.43. The van der Waals surface area contributed by atoms with E-state index in [1.54, 1.807) is 0 Å². The van der Waals surface area contributed by atoms with E-state index in [9.17, 15) is 13.2 Å². The summed E-state index contributed by atoms with van der Waals surface area (Å²) in [6, 6.07) is 1.44. The van der Waals surface area contributed by atoms with E-state index >= 15 is 0 Å². The zero-order chi connectivity index (χ0) is 13.3. The van der Waals surface area contributed by atoms with Crippen LogP contribution in [0.15, 0.2) is 28.2 Å². The lowest BCUT2D eigenvalue weighted by molar-refractivity contribution is 0.302. The van der Waals surface area contributed by atoms with E-state index in [1.807, 2.05) is 19.0 Å². The SMILES string of the molecule is CN(C)C1CCN(S(=O)(=O)c2c[nH]ccc2=O)C1. The molecule has 0 aliphatic carbocycles. The first-order valence-electron chi connectivity index (χ1n) is 5.76. The van der Waals surface area contributed by atoms with E-state index in [0.717, 1.165) is 6.42 Å². The second-order valence-electron chi connectivity index (χ2n) is 4.64. The Morgan fingerprint density at radius 2 is 2.17 bits per heavy atom. The third-order valence-corrected chi connectivity index (χ3v) is 5.15. The quantitative estimate of drug-likeness (QED) is 0.819. The molecule has 0 spiro atoms. The van der Waals surface area contributed by atoms with Crippen molar-refractivity contribution in [2.75, 3.05) is 27.2 Å². The number of sulfonamides is 1. The second-order valence-corrected chi connectivity index (χ2v) is 6.55. The average Bonchev–Trinajstić information content (AvgIpc) is 2.79. The molecule has 1 saturated heterocycles. The van der Waals surface area contributed by atoms with Crippen molar-refractivity contribution in [2.45, 2.75) is 17.4 Å². The van der Waals surface area contributed by atoms with E-state index in [-0.39, 0.29) is 10.9 Å². The Hall–Kier alpha value is -1.18. The van der Waals surface area contributed by atoms with Crippen LogP contribution in [0.1, 0.15) is 6.42 Å². The van der Waals surface area contributed by atoms with Crippen molar-refractivity contribution < 1.29 is 8.42 Å². The number of nitrogens with one attached hydrogen (secondary N) is 1. The Labute approximate surface area is 106 Å². The van der Waals surface area contributed by atoms with Crippen molar-refractivity contribution in [1.82, 2.24) is 14.2 Å². The Morgan fingerprint density at radius 1 is 1.44 bits per heavy atom. The van der Waals surface area contributed by atoms with Crippen molar-refractivity contribution in [3.63, 3.8) is 0 Å². The number of aromatic nitrogens is 1. The zero-order valence-corrected chi connectivity index (χ0v) is 11.3. The maximum atomic E-state index is 12.3. The minimum Gasteiger partial charge on any atom is -0.366 e. The molecule has 7 heteroatoms. The lowest BCUT2D eigenvalue weighted by Gasteiger charge is -2.20. The average molecular weight is 271 g/mol. The summed E-state index contributed by atoms with van der Waals surface area (Å²) in [5.41, 5.74) is -0.470. The normalized spacial score (nSPS) is 21.6. The molecular formula is C11H17N3O3S. The van der Waals surface area contributed by atoms with Crippen LogP contribution < -0.4 is 5.43 Å². The van der Waals surface area contributed by atoms with Gasteiger partial charge in [0, 0.05) is 37.6 Å².